The number of aryl methyl sites for hydroxylation is 2. The number of nitrogen functional groups attached to an aromatic ring is 1. The molecule has 0 radical (unpaired) electrons. The highest BCUT2D eigenvalue weighted by Gasteiger charge is 2.13. The summed E-state index contributed by atoms with van der Waals surface area (Å²) in [6, 6.07) is 6.82. The van der Waals surface area contributed by atoms with Crippen molar-refractivity contribution in [3.8, 4) is 11.3 Å². The first-order chi connectivity index (χ1) is 9.33. The predicted molar refractivity (Wildman–Crippen MR) is 79.6 cm³/mol. The van der Waals surface area contributed by atoms with Gasteiger partial charge in [-0.15, -0.1) is 11.3 Å². The van der Waals surface area contributed by atoms with Gasteiger partial charge >= 0.3 is 0 Å². The van der Waals surface area contributed by atoms with E-state index < -0.39 is 0 Å². The van der Waals surface area contributed by atoms with Crippen molar-refractivity contribution in [3.05, 3.63) is 40.9 Å². The molecule has 1 aromatic carbocycles. The van der Waals surface area contributed by atoms with Crippen LogP contribution in [0, 0.1) is 0 Å². The summed E-state index contributed by atoms with van der Waals surface area (Å²) in [4.78, 5) is 5.28. The molecule has 0 spiro atoms. The number of fused-ring (bicyclic) bond motifs is 2. The van der Waals surface area contributed by atoms with E-state index in [0.29, 0.717) is 5.95 Å². The molecule has 4 heteroatoms. The maximum Gasteiger partial charge on any atom is 0.206 e. The van der Waals surface area contributed by atoms with E-state index in [0.717, 1.165) is 10.5 Å². The standard InChI is InChI=1S/C15H15N3S/c16-15-17-8-14-18(15)13(9-19-14)12-6-5-10-3-1-2-4-11(10)7-12/h5-9H,1-4H2,(H2,16,17). The van der Waals surface area contributed by atoms with Gasteiger partial charge in [0.15, 0.2) is 0 Å². The highest BCUT2D eigenvalue weighted by Crippen LogP contribution is 2.31. The number of rotatable bonds is 1. The molecule has 2 N–H and O–H groups in total. The van der Waals surface area contributed by atoms with Gasteiger partial charge in [-0.25, -0.2) is 4.98 Å². The summed E-state index contributed by atoms with van der Waals surface area (Å²) in [7, 11) is 0. The lowest BCUT2D eigenvalue weighted by Gasteiger charge is -2.16. The summed E-state index contributed by atoms with van der Waals surface area (Å²) in [6.07, 6.45) is 6.89. The van der Waals surface area contributed by atoms with E-state index in [2.05, 4.69) is 28.6 Å². The van der Waals surface area contributed by atoms with Crippen LogP contribution in [0.25, 0.3) is 16.1 Å². The smallest absolute Gasteiger partial charge is 0.206 e. The first-order valence-electron chi connectivity index (χ1n) is 6.65. The molecule has 2 heterocycles. The summed E-state index contributed by atoms with van der Waals surface area (Å²) in [5.41, 5.74) is 11.4. The number of aromatic nitrogens is 2. The molecule has 0 saturated carbocycles. The van der Waals surface area contributed by atoms with Crippen molar-refractivity contribution in [2.75, 3.05) is 5.73 Å². The van der Waals surface area contributed by atoms with Crippen LogP contribution in [0.1, 0.15) is 24.0 Å². The van der Waals surface area contributed by atoms with Gasteiger partial charge in [-0.05, 0) is 48.4 Å². The molecule has 96 valence electrons. The van der Waals surface area contributed by atoms with E-state index in [9.17, 15) is 0 Å². The molecule has 4 rings (SSSR count). The van der Waals surface area contributed by atoms with Gasteiger partial charge in [-0.2, -0.15) is 0 Å². The number of nitrogens with zero attached hydrogens (tertiary/aromatic N) is 2. The Kier molecular flexibility index (Phi) is 2.38. The minimum atomic E-state index is 0.573. The van der Waals surface area contributed by atoms with Crippen LogP contribution in [0.5, 0.6) is 0 Å². The zero-order chi connectivity index (χ0) is 12.8. The Morgan fingerprint density at radius 1 is 1.16 bits per heavy atom. The van der Waals surface area contributed by atoms with E-state index in [-0.39, 0.29) is 0 Å². The number of nitrogens with two attached hydrogens (primary N) is 1. The Hall–Kier alpha value is -1.81. The highest BCUT2D eigenvalue weighted by atomic mass is 32.1. The molecule has 0 fully saturated rings. The molecule has 0 bridgehead atoms. The third-order valence-electron chi connectivity index (χ3n) is 3.93. The van der Waals surface area contributed by atoms with Crippen molar-refractivity contribution in [1.29, 1.82) is 0 Å². The van der Waals surface area contributed by atoms with Crippen molar-refractivity contribution in [3.63, 3.8) is 0 Å². The number of thiazole rings is 1. The number of hydrogen-bond acceptors (Lipinski definition) is 3. The van der Waals surface area contributed by atoms with E-state index >= 15 is 0 Å². The van der Waals surface area contributed by atoms with Crippen LogP contribution in [0.3, 0.4) is 0 Å². The largest absolute Gasteiger partial charge is 0.369 e. The normalized spacial score (nSPS) is 14.7. The molecule has 3 aromatic rings. The molecule has 2 aromatic heterocycles. The summed E-state index contributed by atoms with van der Waals surface area (Å²) >= 11 is 1.69. The molecule has 0 atom stereocenters. The lowest BCUT2D eigenvalue weighted by molar-refractivity contribution is 0.686. The molecule has 0 aliphatic heterocycles. The monoisotopic (exact) mass is 269 g/mol. The number of benzene rings is 1. The second-order valence-electron chi connectivity index (χ2n) is 5.10. The van der Waals surface area contributed by atoms with Gasteiger partial charge in [0.05, 0.1) is 11.9 Å². The van der Waals surface area contributed by atoms with Crippen LogP contribution < -0.4 is 5.73 Å². The summed E-state index contributed by atoms with van der Waals surface area (Å²) in [5, 5.41) is 2.16. The third-order valence-corrected chi connectivity index (χ3v) is 4.80. The fraction of sp³-hybridized carbons (Fsp3) is 0.267. The van der Waals surface area contributed by atoms with Gasteiger partial charge in [0.2, 0.25) is 5.95 Å². The van der Waals surface area contributed by atoms with Gasteiger partial charge in [0.25, 0.3) is 0 Å². The maximum absolute atomic E-state index is 5.96. The van der Waals surface area contributed by atoms with E-state index in [4.69, 9.17) is 5.73 Å². The molecule has 3 nitrogen and oxygen atoms in total. The van der Waals surface area contributed by atoms with Crippen molar-refractivity contribution in [1.82, 2.24) is 9.38 Å². The Balaban J connectivity index is 1.90. The minimum absolute atomic E-state index is 0.573. The molecule has 1 aliphatic carbocycles. The van der Waals surface area contributed by atoms with Crippen molar-refractivity contribution in [2.45, 2.75) is 25.7 Å². The quantitative estimate of drug-likeness (QED) is 0.734. The molecule has 19 heavy (non-hydrogen) atoms. The predicted octanol–water partition coefficient (Wildman–Crippen LogP) is 3.52. The van der Waals surface area contributed by atoms with Crippen LogP contribution in [0.2, 0.25) is 0 Å². The first kappa shape index (κ1) is 11.1. The second kappa shape index (κ2) is 4.10. The van der Waals surface area contributed by atoms with Crippen LogP contribution in [-0.4, -0.2) is 9.38 Å². The van der Waals surface area contributed by atoms with Crippen LogP contribution >= 0.6 is 11.3 Å². The van der Waals surface area contributed by atoms with E-state index in [1.165, 1.54) is 42.4 Å². The molecular formula is C15H15N3S. The van der Waals surface area contributed by atoms with Gasteiger partial charge < -0.3 is 5.73 Å². The molecule has 1 aliphatic rings. The summed E-state index contributed by atoms with van der Waals surface area (Å²) in [6.45, 7) is 0. The third kappa shape index (κ3) is 1.67. The van der Waals surface area contributed by atoms with Gasteiger partial charge in [0.1, 0.15) is 4.83 Å². The fourth-order valence-electron chi connectivity index (χ4n) is 2.93. The first-order valence-corrected chi connectivity index (χ1v) is 7.53. The average Bonchev–Trinajstić information content (AvgIpc) is 3.02. The average molecular weight is 269 g/mol. The SMILES string of the molecule is Nc1ncc2scc(-c3ccc4c(c3)CCCC4)n12. The fourth-order valence-corrected chi connectivity index (χ4v) is 3.82. The highest BCUT2D eigenvalue weighted by molar-refractivity contribution is 7.16. The van der Waals surface area contributed by atoms with Gasteiger partial charge in [0, 0.05) is 5.38 Å². The molecule has 0 unspecified atom stereocenters. The van der Waals surface area contributed by atoms with E-state index in [1.54, 1.807) is 11.3 Å². The van der Waals surface area contributed by atoms with Crippen LogP contribution in [-0.2, 0) is 12.8 Å². The topological polar surface area (TPSA) is 43.3 Å². The zero-order valence-corrected chi connectivity index (χ0v) is 11.4. The number of anilines is 1. The lowest BCUT2D eigenvalue weighted by atomic mass is 9.90. The van der Waals surface area contributed by atoms with Crippen LogP contribution in [0.4, 0.5) is 5.95 Å². The Morgan fingerprint density at radius 3 is 2.89 bits per heavy atom. The summed E-state index contributed by atoms with van der Waals surface area (Å²) < 4.78 is 2.04. The Morgan fingerprint density at radius 2 is 2.00 bits per heavy atom. The number of imidazole rings is 1. The van der Waals surface area contributed by atoms with Gasteiger partial charge in [-0.1, -0.05) is 12.1 Å². The van der Waals surface area contributed by atoms with Crippen molar-refractivity contribution < 1.29 is 0 Å². The van der Waals surface area contributed by atoms with Crippen molar-refractivity contribution in [2.24, 2.45) is 0 Å². The Labute approximate surface area is 115 Å². The summed E-state index contributed by atoms with van der Waals surface area (Å²) in [5.74, 6) is 0.573. The van der Waals surface area contributed by atoms with Crippen molar-refractivity contribution >= 4 is 22.1 Å². The van der Waals surface area contributed by atoms with E-state index in [1.807, 2.05) is 10.6 Å². The maximum atomic E-state index is 5.96. The van der Waals surface area contributed by atoms with Gasteiger partial charge in [-0.3, -0.25) is 4.40 Å². The number of hydrogen-bond donors (Lipinski definition) is 1. The van der Waals surface area contributed by atoms with Crippen LogP contribution in [0.15, 0.2) is 29.8 Å². The zero-order valence-electron chi connectivity index (χ0n) is 10.6. The Bertz CT molecular complexity index is 754. The molecule has 0 amide bonds. The second-order valence-corrected chi connectivity index (χ2v) is 5.99. The minimum Gasteiger partial charge on any atom is -0.369 e. The molecular weight excluding hydrogens is 254 g/mol. The molecule has 0 saturated heterocycles. The lowest BCUT2D eigenvalue weighted by Crippen LogP contribution is -2.02.